The fourth-order valence-corrected chi connectivity index (χ4v) is 1.06. The number of hydrogen-bond acceptors (Lipinski definition) is 3. The van der Waals surface area contributed by atoms with Crippen molar-refractivity contribution in [1.82, 2.24) is 0 Å². The fourth-order valence-electron chi connectivity index (χ4n) is 1.06. The zero-order valence-electron chi connectivity index (χ0n) is 7.30. The number of benzene rings is 1. The van der Waals surface area contributed by atoms with E-state index in [2.05, 4.69) is 5.43 Å². The number of anilines is 1. The van der Waals surface area contributed by atoms with E-state index < -0.39 is 23.3 Å². The number of nitrogen functional groups attached to an aromatic ring is 1. The normalized spacial score (nSPS) is 11.2. The maximum absolute atomic E-state index is 12.3. The first-order valence-electron chi connectivity index (χ1n) is 3.77. The first kappa shape index (κ1) is 11.3. The molecule has 0 radical (unpaired) electrons. The molecule has 0 spiro atoms. The lowest BCUT2D eigenvalue weighted by Crippen LogP contribution is -2.14. The average Bonchev–Trinajstić information content (AvgIpc) is 2.15. The quantitative estimate of drug-likeness (QED) is 0.523. The smallest absolute Gasteiger partial charge is 0.417 e. The van der Waals surface area contributed by atoms with Crippen LogP contribution in [0.2, 0.25) is 0 Å². The van der Waals surface area contributed by atoms with Gasteiger partial charge in [0.15, 0.2) is 0 Å². The summed E-state index contributed by atoms with van der Waals surface area (Å²) in [7, 11) is 0. The van der Waals surface area contributed by atoms with Gasteiger partial charge < -0.3 is 10.5 Å². The zero-order valence-corrected chi connectivity index (χ0v) is 7.30. The van der Waals surface area contributed by atoms with Crippen molar-refractivity contribution in [3.63, 3.8) is 0 Å². The van der Waals surface area contributed by atoms with Crippen molar-refractivity contribution in [2.75, 3.05) is 5.43 Å². The van der Waals surface area contributed by atoms with E-state index in [0.29, 0.717) is 6.07 Å². The molecule has 0 unspecified atom stereocenters. The van der Waals surface area contributed by atoms with Crippen LogP contribution >= 0.6 is 0 Å². The lowest BCUT2D eigenvalue weighted by Gasteiger charge is -2.11. The van der Waals surface area contributed by atoms with Gasteiger partial charge in [0.1, 0.15) is 0 Å². The molecule has 0 saturated heterocycles. The van der Waals surface area contributed by atoms with E-state index in [1.807, 2.05) is 0 Å². The maximum Gasteiger partial charge on any atom is 0.417 e. The molecule has 0 heterocycles. The largest absolute Gasteiger partial charge is 0.478 e. The van der Waals surface area contributed by atoms with Crippen LogP contribution in [0.5, 0.6) is 0 Å². The minimum atomic E-state index is -4.69. The van der Waals surface area contributed by atoms with Gasteiger partial charge >= 0.3 is 12.1 Å². The van der Waals surface area contributed by atoms with Gasteiger partial charge in [0.25, 0.3) is 0 Å². The molecule has 0 atom stereocenters. The molecule has 0 fully saturated rings. The molecule has 7 heteroatoms. The van der Waals surface area contributed by atoms with Crippen LogP contribution in [0.15, 0.2) is 18.2 Å². The summed E-state index contributed by atoms with van der Waals surface area (Å²) in [4.78, 5) is 10.6. The van der Waals surface area contributed by atoms with Gasteiger partial charge in [-0.05, 0) is 18.2 Å². The Morgan fingerprint density at radius 2 is 2.00 bits per heavy atom. The van der Waals surface area contributed by atoms with Crippen LogP contribution < -0.4 is 11.3 Å². The van der Waals surface area contributed by atoms with Crippen LogP contribution in [0.1, 0.15) is 15.9 Å². The second-order valence-electron chi connectivity index (χ2n) is 2.71. The third-order valence-corrected chi connectivity index (χ3v) is 1.72. The van der Waals surface area contributed by atoms with Gasteiger partial charge in [-0.3, -0.25) is 5.84 Å². The molecule has 82 valence electrons. The summed E-state index contributed by atoms with van der Waals surface area (Å²) in [5.41, 5.74) is 0.133. The van der Waals surface area contributed by atoms with Crippen molar-refractivity contribution in [2.45, 2.75) is 6.18 Å². The minimum absolute atomic E-state index is 0.0976. The number of rotatable bonds is 2. The monoisotopic (exact) mass is 220 g/mol. The Morgan fingerprint density at radius 3 is 2.40 bits per heavy atom. The van der Waals surface area contributed by atoms with Crippen molar-refractivity contribution in [3.05, 3.63) is 29.3 Å². The van der Waals surface area contributed by atoms with Crippen LogP contribution in [0, 0.1) is 0 Å². The average molecular weight is 220 g/mol. The SMILES string of the molecule is NNc1ccc(C(F)(F)F)c(C(=O)O)c1. The number of hydrazine groups is 1. The molecule has 4 nitrogen and oxygen atoms in total. The van der Waals surface area contributed by atoms with Gasteiger partial charge in [0.2, 0.25) is 0 Å². The van der Waals surface area contributed by atoms with Crippen molar-refractivity contribution in [3.8, 4) is 0 Å². The Bertz CT molecular complexity index is 390. The Hall–Kier alpha value is -1.76. The number of halogens is 3. The number of alkyl halides is 3. The molecule has 0 aliphatic carbocycles. The predicted molar refractivity (Wildman–Crippen MR) is 46.2 cm³/mol. The molecule has 0 aliphatic rings. The summed E-state index contributed by atoms with van der Waals surface area (Å²) in [6.07, 6.45) is -4.69. The van der Waals surface area contributed by atoms with Gasteiger partial charge in [-0.25, -0.2) is 4.79 Å². The van der Waals surface area contributed by atoms with Crippen molar-refractivity contribution in [1.29, 1.82) is 0 Å². The Kier molecular flexibility index (Phi) is 2.85. The summed E-state index contributed by atoms with van der Waals surface area (Å²) >= 11 is 0. The second kappa shape index (κ2) is 3.77. The summed E-state index contributed by atoms with van der Waals surface area (Å²) in [5, 5.41) is 8.58. The lowest BCUT2D eigenvalue weighted by molar-refractivity contribution is -0.138. The second-order valence-corrected chi connectivity index (χ2v) is 2.71. The van der Waals surface area contributed by atoms with E-state index in [1.165, 1.54) is 0 Å². The van der Waals surface area contributed by atoms with Crippen molar-refractivity contribution < 1.29 is 23.1 Å². The van der Waals surface area contributed by atoms with Crippen LogP contribution in [0.25, 0.3) is 0 Å². The van der Waals surface area contributed by atoms with E-state index in [-0.39, 0.29) is 5.69 Å². The standard InChI is InChI=1S/C8H7F3N2O2/c9-8(10,11)6-2-1-4(13-12)3-5(6)7(14)15/h1-3,13H,12H2,(H,14,15). The molecule has 4 N–H and O–H groups in total. The number of hydrogen-bond donors (Lipinski definition) is 3. The van der Waals surface area contributed by atoms with Gasteiger partial charge in [-0.15, -0.1) is 0 Å². The molecule has 1 rings (SSSR count). The van der Waals surface area contributed by atoms with E-state index in [1.54, 1.807) is 0 Å². The lowest BCUT2D eigenvalue weighted by atomic mass is 10.1. The summed E-state index contributed by atoms with van der Waals surface area (Å²) in [5.74, 6) is 3.30. The van der Waals surface area contributed by atoms with Crippen LogP contribution in [0.3, 0.4) is 0 Å². The Balaban J connectivity index is 3.34. The molecule has 0 aliphatic heterocycles. The molecular formula is C8H7F3N2O2. The first-order chi connectivity index (χ1) is 6.86. The molecule has 15 heavy (non-hydrogen) atoms. The van der Waals surface area contributed by atoms with Crippen LogP contribution in [0.4, 0.5) is 18.9 Å². The number of carboxylic acids is 1. The highest BCUT2D eigenvalue weighted by atomic mass is 19.4. The molecule has 1 aromatic rings. The zero-order chi connectivity index (χ0) is 11.6. The van der Waals surface area contributed by atoms with Crippen LogP contribution in [-0.2, 0) is 6.18 Å². The number of aromatic carboxylic acids is 1. The molecular weight excluding hydrogens is 213 g/mol. The molecule has 0 saturated carbocycles. The van der Waals surface area contributed by atoms with E-state index >= 15 is 0 Å². The van der Waals surface area contributed by atoms with Crippen LogP contribution in [-0.4, -0.2) is 11.1 Å². The molecule has 0 bridgehead atoms. The maximum atomic E-state index is 12.3. The highest BCUT2D eigenvalue weighted by Gasteiger charge is 2.35. The topological polar surface area (TPSA) is 75.3 Å². The predicted octanol–water partition coefficient (Wildman–Crippen LogP) is 1.69. The number of carboxylic acid groups (broad SMARTS) is 1. The Labute approximate surface area is 82.5 Å². The fraction of sp³-hybridized carbons (Fsp3) is 0.125. The Morgan fingerprint density at radius 1 is 1.40 bits per heavy atom. The van der Waals surface area contributed by atoms with Crippen molar-refractivity contribution >= 4 is 11.7 Å². The van der Waals surface area contributed by atoms with Crippen molar-refractivity contribution in [2.24, 2.45) is 5.84 Å². The number of nitrogens with two attached hydrogens (primary N) is 1. The first-order valence-corrected chi connectivity index (χ1v) is 3.77. The van der Waals surface area contributed by atoms with Gasteiger partial charge in [0.05, 0.1) is 11.1 Å². The third kappa shape index (κ3) is 2.38. The summed E-state index contributed by atoms with van der Waals surface area (Å²) < 4.78 is 37.0. The summed E-state index contributed by atoms with van der Waals surface area (Å²) in [6.45, 7) is 0. The number of carbonyl (C=O) groups is 1. The highest BCUT2D eigenvalue weighted by molar-refractivity contribution is 5.90. The third-order valence-electron chi connectivity index (χ3n) is 1.72. The number of nitrogens with one attached hydrogen (secondary N) is 1. The molecule has 1 aromatic carbocycles. The van der Waals surface area contributed by atoms with Gasteiger partial charge in [0, 0.05) is 5.69 Å². The van der Waals surface area contributed by atoms with Gasteiger partial charge in [-0.2, -0.15) is 13.2 Å². The van der Waals surface area contributed by atoms with Gasteiger partial charge in [-0.1, -0.05) is 0 Å². The van der Waals surface area contributed by atoms with E-state index in [9.17, 15) is 18.0 Å². The molecule has 0 aromatic heterocycles. The minimum Gasteiger partial charge on any atom is -0.478 e. The molecule has 0 amide bonds. The summed E-state index contributed by atoms with van der Waals surface area (Å²) in [6, 6.07) is 2.54. The highest BCUT2D eigenvalue weighted by Crippen LogP contribution is 2.33. The van der Waals surface area contributed by atoms with E-state index in [0.717, 1.165) is 12.1 Å². The van der Waals surface area contributed by atoms with E-state index in [4.69, 9.17) is 10.9 Å².